The van der Waals surface area contributed by atoms with E-state index in [0.29, 0.717) is 0 Å². The number of nitrogens with zero attached hydrogens (tertiary/aromatic N) is 2. The highest BCUT2D eigenvalue weighted by molar-refractivity contribution is 4.10. The van der Waals surface area contributed by atoms with E-state index in [1.165, 1.54) is 0 Å². The highest BCUT2D eigenvalue weighted by atomic mass is 16.6. The maximum Gasteiger partial charge on any atom is 1.00 e. The van der Waals surface area contributed by atoms with E-state index >= 15 is 0 Å². The Bertz CT molecular complexity index is 51.7. The molecule has 0 fully saturated rings. The molecule has 0 amide bonds. The fraction of sp³-hybridized carbons (Fsp3) is 1.00. The summed E-state index contributed by atoms with van der Waals surface area (Å²) in [6.45, 7) is 0. The summed E-state index contributed by atoms with van der Waals surface area (Å²) < 4.78 is 0. The normalized spacial score (nSPS) is 9.83. The smallest absolute Gasteiger partial charge is 0.739 e. The van der Waals surface area contributed by atoms with Crippen molar-refractivity contribution in [2.75, 3.05) is 7.05 Å². The number of hydroxylamine groups is 1. The molecule has 0 aromatic carbocycles. The summed E-state index contributed by atoms with van der Waals surface area (Å²) in [5.74, 6) is 0. The molecule has 0 unspecified atom stereocenters. The minimum absolute atomic E-state index is 0. The maximum atomic E-state index is 9.25. The van der Waals surface area contributed by atoms with Gasteiger partial charge in [-0.25, -0.2) is 0 Å². The summed E-state index contributed by atoms with van der Waals surface area (Å²) in [7, 11) is 1.02. The Hall–Kier alpha value is -0.800. The van der Waals surface area contributed by atoms with Crippen molar-refractivity contribution in [2.24, 2.45) is 5.28 Å². The standard InChI is InChI=1S/CH4N2O2.CH4/c1-3(5)2-4;/h4H,1H3;1H4. The zero-order chi connectivity index (χ0) is 4.28. The van der Waals surface area contributed by atoms with E-state index in [9.17, 15) is 5.21 Å². The van der Waals surface area contributed by atoms with Crippen LogP contribution in [0.25, 0.3) is 0 Å². The van der Waals surface area contributed by atoms with Crippen molar-refractivity contribution < 1.29 is 6.29 Å². The van der Waals surface area contributed by atoms with Crippen molar-refractivity contribution in [3.8, 4) is 0 Å². The van der Waals surface area contributed by atoms with Gasteiger partial charge >= 0.3 is 1.43 Å². The number of rotatable bonds is 0. The fourth-order valence-corrected chi connectivity index (χ4v) is 0. The molecule has 0 bridgehead atoms. The van der Waals surface area contributed by atoms with Gasteiger partial charge in [0.2, 0.25) is 0 Å². The quantitative estimate of drug-likeness (QED) is 0.252. The van der Waals surface area contributed by atoms with Crippen molar-refractivity contribution in [3.05, 3.63) is 10.4 Å². The lowest BCUT2D eigenvalue weighted by Gasteiger charge is -1.88. The van der Waals surface area contributed by atoms with E-state index in [-0.39, 0.29) is 13.7 Å². The van der Waals surface area contributed by atoms with Crippen LogP contribution in [0.2, 0.25) is 0 Å². The van der Waals surface area contributed by atoms with Crippen LogP contribution >= 0.6 is 0 Å². The van der Waals surface area contributed by atoms with Gasteiger partial charge in [-0.1, -0.05) is 7.43 Å². The molecule has 0 aromatic rings. The van der Waals surface area contributed by atoms with E-state index in [2.05, 4.69) is 0 Å². The van der Waals surface area contributed by atoms with E-state index in [4.69, 9.17) is 5.21 Å². The molecule has 0 saturated heterocycles. The molecule has 38 valence electrons. The molecular weight excluding hydrogens is 84.0 g/mol. The minimum atomic E-state index is -0.0556. The van der Waals surface area contributed by atoms with E-state index in [1.54, 1.807) is 0 Å². The molecule has 4 nitrogen and oxygen atoms in total. The molecule has 0 atom stereocenters. The molecule has 0 rings (SSSR count). The summed E-state index contributed by atoms with van der Waals surface area (Å²) in [6, 6.07) is 0. The summed E-state index contributed by atoms with van der Waals surface area (Å²) in [6.07, 6.45) is 0. The zero-order valence-corrected chi connectivity index (χ0v) is 2.71. The first-order valence-electron chi connectivity index (χ1n) is 1.01. The molecule has 0 spiro atoms. The molecule has 0 heterocycles. The van der Waals surface area contributed by atoms with Gasteiger partial charge in [0.25, 0.3) is 0 Å². The molecule has 6 heavy (non-hydrogen) atoms. The van der Waals surface area contributed by atoms with Gasteiger partial charge in [0.1, 0.15) is 0 Å². The predicted molar refractivity (Wildman–Crippen MR) is 23.2 cm³/mol. The van der Waals surface area contributed by atoms with Gasteiger partial charge in [-0.3, -0.25) is 0 Å². The molecular formula is C2H8N2O2. The summed E-state index contributed by atoms with van der Waals surface area (Å²) >= 11 is 0. The molecule has 0 N–H and O–H groups in total. The third-order valence-electron chi connectivity index (χ3n) is 0.115. The molecule has 0 radical (unpaired) electrons. The second kappa shape index (κ2) is 4.20. The zero-order valence-electron chi connectivity index (χ0n) is 3.71. The first kappa shape index (κ1) is 8.96. The van der Waals surface area contributed by atoms with Crippen LogP contribution in [0.4, 0.5) is 0 Å². The lowest BCUT2D eigenvalue weighted by atomic mass is 11.5. The maximum absolute atomic E-state index is 9.25. The van der Waals surface area contributed by atoms with Crippen LogP contribution in [0.5, 0.6) is 0 Å². The van der Waals surface area contributed by atoms with E-state index in [1.807, 2.05) is 5.28 Å². The fourth-order valence-electron chi connectivity index (χ4n) is 0. The highest BCUT2D eigenvalue weighted by Crippen LogP contribution is 1.57. The van der Waals surface area contributed by atoms with Gasteiger partial charge < -0.3 is 10.4 Å². The van der Waals surface area contributed by atoms with Crippen LogP contribution in [0.1, 0.15) is 8.85 Å². The topological polar surface area (TPSA) is 61.5 Å². The van der Waals surface area contributed by atoms with Crippen molar-refractivity contribution in [3.63, 3.8) is 0 Å². The minimum Gasteiger partial charge on any atom is -0.739 e. The lowest BCUT2D eigenvalue weighted by Crippen LogP contribution is -1.83. The van der Waals surface area contributed by atoms with Crippen molar-refractivity contribution >= 4 is 0 Å². The average Bonchev–Trinajstić information content (AvgIpc) is 1.38. The molecule has 0 aliphatic heterocycles. The first-order chi connectivity index (χ1) is 2.27. The van der Waals surface area contributed by atoms with Gasteiger partial charge in [0.15, 0.2) is 7.05 Å². The van der Waals surface area contributed by atoms with E-state index < -0.39 is 0 Å². The van der Waals surface area contributed by atoms with Gasteiger partial charge in [0, 0.05) is 0 Å². The Morgan fingerprint density at radius 1 is 1.83 bits per heavy atom. The Morgan fingerprint density at radius 2 is 2.00 bits per heavy atom. The summed E-state index contributed by atoms with van der Waals surface area (Å²) in [4.78, 5) is -0.0556. The predicted octanol–water partition coefficient (Wildman–Crippen LogP) is 0.825. The molecule has 4 heteroatoms. The molecule has 0 saturated carbocycles. The van der Waals surface area contributed by atoms with Gasteiger partial charge in [-0.05, 0) is 5.28 Å². The largest absolute Gasteiger partial charge is 1.00 e. The third kappa shape index (κ3) is 10.8. The SMILES string of the molecule is C.C[N+]([O-])=N[O-].[H+]. The molecule has 0 aliphatic rings. The van der Waals surface area contributed by atoms with Crippen molar-refractivity contribution in [2.45, 2.75) is 7.43 Å². The van der Waals surface area contributed by atoms with Crippen molar-refractivity contribution in [1.29, 1.82) is 0 Å². The Labute approximate surface area is 37.7 Å². The average molecular weight is 92.1 g/mol. The Balaban J connectivity index is -0.0000000800. The number of hydrogen-bond donors (Lipinski definition) is 0. The monoisotopic (exact) mass is 92.1 g/mol. The van der Waals surface area contributed by atoms with Crippen LogP contribution in [0.15, 0.2) is 5.28 Å². The van der Waals surface area contributed by atoms with Crippen LogP contribution < -0.4 is 0 Å². The van der Waals surface area contributed by atoms with Crippen LogP contribution in [-0.2, 0) is 0 Å². The Morgan fingerprint density at radius 3 is 2.00 bits per heavy atom. The third-order valence-corrected chi connectivity index (χ3v) is 0.115. The summed E-state index contributed by atoms with van der Waals surface area (Å²) in [5.41, 5.74) is 0. The second-order valence-corrected chi connectivity index (χ2v) is 0.546. The second-order valence-electron chi connectivity index (χ2n) is 0.546. The van der Waals surface area contributed by atoms with Crippen molar-refractivity contribution in [1.82, 2.24) is 0 Å². The first-order valence-corrected chi connectivity index (χ1v) is 1.01. The Kier molecular flexibility index (Phi) is 6.27. The molecule has 0 aliphatic carbocycles. The van der Waals surface area contributed by atoms with Crippen LogP contribution in [0, 0.1) is 10.4 Å². The van der Waals surface area contributed by atoms with Gasteiger partial charge in [-0.2, -0.15) is 0 Å². The number of hydrogen-bond acceptors (Lipinski definition) is 3. The van der Waals surface area contributed by atoms with Crippen LogP contribution in [0.3, 0.4) is 0 Å². The van der Waals surface area contributed by atoms with Gasteiger partial charge in [0.05, 0.1) is 0 Å². The van der Waals surface area contributed by atoms with Gasteiger partial charge in [-0.15, -0.1) is 4.86 Å². The van der Waals surface area contributed by atoms with Crippen LogP contribution in [-0.4, -0.2) is 11.9 Å². The summed E-state index contributed by atoms with van der Waals surface area (Å²) in [5, 5.41) is 20.0. The highest BCUT2D eigenvalue weighted by Gasteiger charge is 1.54. The lowest BCUT2D eigenvalue weighted by molar-refractivity contribution is -0.494. The molecule has 0 aromatic heterocycles. The van der Waals surface area contributed by atoms with E-state index in [0.717, 1.165) is 7.05 Å².